The second-order valence-corrected chi connectivity index (χ2v) is 6.51. The predicted octanol–water partition coefficient (Wildman–Crippen LogP) is 3.26. The highest BCUT2D eigenvalue weighted by molar-refractivity contribution is 5.10. The summed E-state index contributed by atoms with van der Waals surface area (Å²) in [6, 6.07) is 2.55. The van der Waals surface area contributed by atoms with Crippen LogP contribution in [0.5, 0.6) is 0 Å². The van der Waals surface area contributed by atoms with Gasteiger partial charge in [0.25, 0.3) is 0 Å². The van der Waals surface area contributed by atoms with Crippen molar-refractivity contribution >= 4 is 0 Å². The maximum atomic E-state index is 4.64. The first-order chi connectivity index (χ1) is 8.26. The third kappa shape index (κ3) is 6.10. The van der Waals surface area contributed by atoms with Gasteiger partial charge < -0.3 is 5.32 Å². The lowest BCUT2D eigenvalue weighted by Crippen LogP contribution is -2.23. The molecule has 0 saturated heterocycles. The zero-order valence-corrected chi connectivity index (χ0v) is 12.7. The van der Waals surface area contributed by atoms with Crippen LogP contribution >= 0.6 is 0 Å². The van der Waals surface area contributed by atoms with Crippen molar-refractivity contribution in [1.29, 1.82) is 0 Å². The molecule has 3 nitrogen and oxygen atoms in total. The highest BCUT2D eigenvalue weighted by Crippen LogP contribution is 2.20. The molecule has 0 amide bonds. The number of hydrogen-bond acceptors (Lipinski definition) is 3. The summed E-state index contributed by atoms with van der Waals surface area (Å²) in [6.45, 7) is 13.9. The molecule has 0 atom stereocenters. The Morgan fingerprint density at radius 3 is 2.44 bits per heavy atom. The molecule has 18 heavy (non-hydrogen) atoms. The lowest BCUT2D eigenvalue weighted by molar-refractivity contribution is 0.374. The van der Waals surface area contributed by atoms with E-state index in [4.69, 9.17) is 0 Å². The first kappa shape index (κ1) is 15.1. The second kappa shape index (κ2) is 6.28. The van der Waals surface area contributed by atoms with Gasteiger partial charge in [0.2, 0.25) is 0 Å². The van der Waals surface area contributed by atoms with Crippen LogP contribution in [-0.2, 0) is 13.0 Å². The first-order valence-electron chi connectivity index (χ1n) is 6.83. The average Bonchev–Trinajstić information content (AvgIpc) is 2.22. The molecule has 3 heteroatoms. The topological polar surface area (TPSA) is 37.8 Å². The number of rotatable bonds is 5. The van der Waals surface area contributed by atoms with Gasteiger partial charge in [-0.3, -0.25) is 0 Å². The van der Waals surface area contributed by atoms with Crippen molar-refractivity contribution in [3.8, 4) is 0 Å². The van der Waals surface area contributed by atoms with Crippen LogP contribution in [0, 0.1) is 12.3 Å². The smallest absolute Gasteiger partial charge is 0.128 e. The molecule has 1 aromatic rings. The van der Waals surface area contributed by atoms with Gasteiger partial charge in [0.1, 0.15) is 5.82 Å². The lowest BCUT2D eigenvalue weighted by atomic mass is 9.90. The van der Waals surface area contributed by atoms with E-state index >= 15 is 0 Å². The molecule has 0 radical (unpaired) electrons. The molecule has 0 spiro atoms. The van der Waals surface area contributed by atoms with E-state index in [-0.39, 0.29) is 0 Å². The molecule has 0 unspecified atom stereocenters. The summed E-state index contributed by atoms with van der Waals surface area (Å²) in [7, 11) is 0. The van der Waals surface area contributed by atoms with Gasteiger partial charge in [-0.05, 0) is 24.8 Å². The number of nitrogens with one attached hydrogen (secondary N) is 1. The Bertz CT molecular complexity index is 378. The van der Waals surface area contributed by atoms with E-state index in [1.165, 1.54) is 0 Å². The Hall–Kier alpha value is -0.960. The molecule has 0 fully saturated rings. The van der Waals surface area contributed by atoms with Crippen LogP contribution in [0.2, 0.25) is 0 Å². The minimum Gasteiger partial charge on any atom is -0.309 e. The third-order valence-electron chi connectivity index (χ3n) is 2.74. The highest BCUT2D eigenvalue weighted by Gasteiger charge is 2.12. The molecule has 1 heterocycles. The van der Waals surface area contributed by atoms with Gasteiger partial charge in [-0.2, -0.15) is 0 Å². The van der Waals surface area contributed by atoms with E-state index in [1.54, 1.807) is 0 Å². The van der Waals surface area contributed by atoms with Crippen LogP contribution in [-0.4, -0.2) is 16.0 Å². The van der Waals surface area contributed by atoms with Crippen LogP contribution < -0.4 is 5.32 Å². The fraction of sp³-hybridized carbons (Fsp3) is 0.733. The van der Waals surface area contributed by atoms with Crippen LogP contribution in [0.1, 0.15) is 58.3 Å². The molecule has 0 saturated carbocycles. The van der Waals surface area contributed by atoms with Gasteiger partial charge in [0.05, 0.1) is 5.69 Å². The molecular weight excluding hydrogens is 222 g/mol. The zero-order chi connectivity index (χ0) is 13.8. The Kier molecular flexibility index (Phi) is 5.27. The van der Waals surface area contributed by atoms with Crippen LogP contribution in [0.4, 0.5) is 0 Å². The van der Waals surface area contributed by atoms with Gasteiger partial charge in [0.15, 0.2) is 0 Å². The minimum atomic E-state index is 0.337. The molecule has 0 aliphatic carbocycles. The molecule has 102 valence electrons. The standard InChI is InChI=1S/C15H27N3/c1-11(2)16-10-13-9-12(3)17-14(18-13)7-8-15(4,5)6/h9,11,16H,7-8,10H2,1-6H3. The summed E-state index contributed by atoms with van der Waals surface area (Å²) >= 11 is 0. The van der Waals surface area contributed by atoms with E-state index in [2.05, 4.69) is 56.0 Å². The van der Waals surface area contributed by atoms with Gasteiger partial charge >= 0.3 is 0 Å². The summed E-state index contributed by atoms with van der Waals surface area (Å²) in [5.74, 6) is 0.977. The predicted molar refractivity (Wildman–Crippen MR) is 76.5 cm³/mol. The monoisotopic (exact) mass is 249 g/mol. The van der Waals surface area contributed by atoms with Crippen molar-refractivity contribution < 1.29 is 0 Å². The SMILES string of the molecule is Cc1cc(CNC(C)C)nc(CCC(C)(C)C)n1. The summed E-state index contributed by atoms with van der Waals surface area (Å²) in [4.78, 5) is 9.16. The zero-order valence-electron chi connectivity index (χ0n) is 12.7. The van der Waals surface area contributed by atoms with Crippen LogP contribution in [0.15, 0.2) is 6.07 Å². The van der Waals surface area contributed by atoms with Crippen molar-refractivity contribution in [2.45, 2.75) is 67.0 Å². The first-order valence-corrected chi connectivity index (χ1v) is 6.83. The summed E-state index contributed by atoms with van der Waals surface area (Å²) in [6.07, 6.45) is 2.08. The Balaban J connectivity index is 2.68. The second-order valence-electron chi connectivity index (χ2n) is 6.51. The number of aromatic nitrogens is 2. The molecule has 0 aliphatic rings. The molecule has 0 bridgehead atoms. The van der Waals surface area contributed by atoms with Crippen molar-refractivity contribution in [2.75, 3.05) is 0 Å². The molecule has 1 aromatic heterocycles. The van der Waals surface area contributed by atoms with Gasteiger partial charge in [0, 0.05) is 24.7 Å². The highest BCUT2D eigenvalue weighted by atomic mass is 14.9. The molecule has 0 aliphatic heterocycles. The average molecular weight is 249 g/mol. The summed E-state index contributed by atoms with van der Waals surface area (Å²) in [5, 5.41) is 3.40. The van der Waals surface area contributed by atoms with Crippen LogP contribution in [0.3, 0.4) is 0 Å². The minimum absolute atomic E-state index is 0.337. The van der Waals surface area contributed by atoms with Crippen LogP contribution in [0.25, 0.3) is 0 Å². The Morgan fingerprint density at radius 2 is 1.89 bits per heavy atom. The summed E-state index contributed by atoms with van der Waals surface area (Å²) < 4.78 is 0. The van der Waals surface area contributed by atoms with Gasteiger partial charge in [-0.1, -0.05) is 34.6 Å². The fourth-order valence-electron chi connectivity index (χ4n) is 1.70. The van der Waals surface area contributed by atoms with E-state index in [9.17, 15) is 0 Å². The quantitative estimate of drug-likeness (QED) is 0.870. The van der Waals surface area contributed by atoms with Gasteiger partial charge in [-0.25, -0.2) is 9.97 Å². The van der Waals surface area contributed by atoms with Crippen molar-refractivity contribution in [2.24, 2.45) is 5.41 Å². The number of hydrogen-bond donors (Lipinski definition) is 1. The normalized spacial score (nSPS) is 12.2. The third-order valence-corrected chi connectivity index (χ3v) is 2.74. The molecular formula is C15H27N3. The summed E-state index contributed by atoms with van der Waals surface area (Å²) in [5.41, 5.74) is 2.50. The van der Waals surface area contributed by atoms with E-state index in [1.807, 2.05) is 6.92 Å². The Labute approximate surface area is 111 Å². The molecule has 1 N–H and O–H groups in total. The molecule has 0 aromatic carbocycles. The largest absolute Gasteiger partial charge is 0.309 e. The fourth-order valence-corrected chi connectivity index (χ4v) is 1.70. The number of nitrogens with zero attached hydrogens (tertiary/aromatic N) is 2. The van der Waals surface area contributed by atoms with E-state index < -0.39 is 0 Å². The maximum Gasteiger partial charge on any atom is 0.128 e. The van der Waals surface area contributed by atoms with Gasteiger partial charge in [-0.15, -0.1) is 0 Å². The lowest BCUT2D eigenvalue weighted by Gasteiger charge is -2.17. The molecule has 1 rings (SSSR count). The van der Waals surface area contributed by atoms with Crippen molar-refractivity contribution in [1.82, 2.24) is 15.3 Å². The number of aryl methyl sites for hydroxylation is 2. The maximum absolute atomic E-state index is 4.64. The van der Waals surface area contributed by atoms with Crippen molar-refractivity contribution in [3.63, 3.8) is 0 Å². The Morgan fingerprint density at radius 1 is 1.22 bits per heavy atom. The van der Waals surface area contributed by atoms with E-state index in [0.717, 1.165) is 36.6 Å². The van der Waals surface area contributed by atoms with Crippen molar-refractivity contribution in [3.05, 3.63) is 23.3 Å². The van der Waals surface area contributed by atoms with E-state index in [0.29, 0.717) is 11.5 Å².